The number of unbranched alkanes of at least 4 members (excludes halogenated alkanes) is 2. The first-order valence-electron chi connectivity index (χ1n) is 6.70. The smallest absolute Gasteiger partial charge is 0.169 e. The summed E-state index contributed by atoms with van der Waals surface area (Å²) in [6.07, 6.45) is 4.81. The van der Waals surface area contributed by atoms with Crippen molar-refractivity contribution in [2.24, 2.45) is 0 Å². The van der Waals surface area contributed by atoms with E-state index in [1.54, 1.807) is 7.11 Å². The maximum Gasteiger partial charge on any atom is 0.169 e. The summed E-state index contributed by atoms with van der Waals surface area (Å²) in [5, 5.41) is 4.20. The normalized spacial score (nSPS) is 12.2. The molecular formula is C13H28N2OS. The molecule has 0 aromatic rings. The zero-order valence-corrected chi connectivity index (χ0v) is 12.6. The summed E-state index contributed by atoms with van der Waals surface area (Å²) >= 11 is 5.45. The van der Waals surface area contributed by atoms with E-state index in [0.29, 0.717) is 6.61 Å². The van der Waals surface area contributed by atoms with E-state index in [1.165, 1.54) is 25.7 Å². The van der Waals surface area contributed by atoms with E-state index in [1.807, 2.05) is 0 Å². The van der Waals surface area contributed by atoms with Crippen LogP contribution in [-0.2, 0) is 4.74 Å². The summed E-state index contributed by atoms with van der Waals surface area (Å²) in [5.41, 5.74) is 0. The minimum atomic E-state index is 0.276. The maximum atomic E-state index is 5.45. The summed E-state index contributed by atoms with van der Waals surface area (Å²) in [5.74, 6) is 0. The Labute approximate surface area is 112 Å². The highest BCUT2D eigenvalue weighted by molar-refractivity contribution is 7.80. The molecule has 0 spiro atoms. The topological polar surface area (TPSA) is 24.5 Å². The van der Waals surface area contributed by atoms with Crippen molar-refractivity contribution in [3.8, 4) is 0 Å². The van der Waals surface area contributed by atoms with Gasteiger partial charge in [0.05, 0.1) is 6.61 Å². The van der Waals surface area contributed by atoms with Crippen molar-refractivity contribution < 1.29 is 4.74 Å². The highest BCUT2D eigenvalue weighted by Gasteiger charge is 2.10. The molecule has 3 nitrogen and oxygen atoms in total. The monoisotopic (exact) mass is 260 g/mol. The Bertz CT molecular complexity index is 192. The number of hydrogen-bond acceptors (Lipinski definition) is 2. The van der Waals surface area contributed by atoms with E-state index in [4.69, 9.17) is 17.0 Å². The number of nitrogens with one attached hydrogen (secondary N) is 1. The van der Waals surface area contributed by atoms with Crippen LogP contribution in [0.3, 0.4) is 0 Å². The Morgan fingerprint density at radius 3 is 2.18 bits per heavy atom. The molecule has 0 aromatic carbocycles. The van der Waals surface area contributed by atoms with E-state index < -0.39 is 0 Å². The number of methoxy groups -OCH3 is 1. The van der Waals surface area contributed by atoms with Gasteiger partial charge in [-0.05, 0) is 32.0 Å². The van der Waals surface area contributed by atoms with Crippen molar-refractivity contribution in [3.05, 3.63) is 0 Å². The zero-order valence-electron chi connectivity index (χ0n) is 11.8. The molecule has 0 aliphatic heterocycles. The van der Waals surface area contributed by atoms with Gasteiger partial charge in [-0.15, -0.1) is 0 Å². The molecular weight excluding hydrogens is 232 g/mol. The third kappa shape index (κ3) is 8.38. The predicted molar refractivity (Wildman–Crippen MR) is 78.5 cm³/mol. The van der Waals surface area contributed by atoms with Gasteiger partial charge in [-0.1, -0.05) is 26.7 Å². The summed E-state index contributed by atoms with van der Waals surface area (Å²) < 4.78 is 5.11. The van der Waals surface area contributed by atoms with E-state index in [0.717, 1.165) is 18.2 Å². The standard InChI is InChI=1S/C13H28N2OS/c1-5-7-9-15(10-8-6-2)13(17)14-12(3)11-16-4/h12H,5-11H2,1-4H3,(H,14,17). The van der Waals surface area contributed by atoms with Gasteiger partial charge in [0.1, 0.15) is 0 Å². The number of thiocarbonyl (C=S) groups is 1. The maximum absolute atomic E-state index is 5.45. The van der Waals surface area contributed by atoms with E-state index >= 15 is 0 Å². The van der Waals surface area contributed by atoms with Crippen LogP contribution in [0.15, 0.2) is 0 Å². The fourth-order valence-corrected chi connectivity index (χ4v) is 1.99. The van der Waals surface area contributed by atoms with Crippen LogP contribution in [0.2, 0.25) is 0 Å². The third-order valence-electron chi connectivity index (χ3n) is 2.64. The largest absolute Gasteiger partial charge is 0.383 e. The average Bonchev–Trinajstić information content (AvgIpc) is 2.29. The minimum absolute atomic E-state index is 0.276. The first kappa shape index (κ1) is 16.6. The molecule has 0 bridgehead atoms. The molecule has 4 heteroatoms. The van der Waals surface area contributed by atoms with Crippen LogP contribution in [0.4, 0.5) is 0 Å². The molecule has 0 rings (SSSR count). The lowest BCUT2D eigenvalue weighted by molar-refractivity contribution is 0.177. The van der Waals surface area contributed by atoms with Crippen LogP contribution >= 0.6 is 12.2 Å². The molecule has 1 unspecified atom stereocenters. The van der Waals surface area contributed by atoms with Gasteiger partial charge >= 0.3 is 0 Å². The Kier molecular flexibility index (Phi) is 10.6. The van der Waals surface area contributed by atoms with Crippen molar-refractivity contribution in [1.82, 2.24) is 10.2 Å². The van der Waals surface area contributed by atoms with Crippen molar-refractivity contribution in [3.63, 3.8) is 0 Å². The van der Waals surface area contributed by atoms with Gasteiger partial charge in [-0.3, -0.25) is 0 Å². The van der Waals surface area contributed by atoms with Gasteiger partial charge in [0.2, 0.25) is 0 Å². The number of hydrogen-bond donors (Lipinski definition) is 1. The van der Waals surface area contributed by atoms with E-state index in [9.17, 15) is 0 Å². The molecule has 0 aliphatic rings. The van der Waals surface area contributed by atoms with Crippen molar-refractivity contribution in [1.29, 1.82) is 0 Å². The third-order valence-corrected chi connectivity index (χ3v) is 3.01. The van der Waals surface area contributed by atoms with Crippen LogP contribution in [0.5, 0.6) is 0 Å². The lowest BCUT2D eigenvalue weighted by atomic mass is 10.3. The summed E-state index contributed by atoms with van der Waals surface area (Å²) in [4.78, 5) is 2.29. The molecule has 0 amide bonds. The first-order chi connectivity index (χ1) is 8.15. The van der Waals surface area contributed by atoms with Crippen molar-refractivity contribution >= 4 is 17.3 Å². The second-order valence-corrected chi connectivity index (χ2v) is 4.89. The zero-order chi connectivity index (χ0) is 13.1. The number of ether oxygens (including phenoxy) is 1. The molecule has 17 heavy (non-hydrogen) atoms. The van der Waals surface area contributed by atoms with Gasteiger partial charge in [-0.25, -0.2) is 0 Å². The van der Waals surface area contributed by atoms with Crippen molar-refractivity contribution in [2.75, 3.05) is 26.8 Å². The van der Waals surface area contributed by atoms with Crippen LogP contribution in [0.1, 0.15) is 46.5 Å². The summed E-state index contributed by atoms with van der Waals surface area (Å²) in [6, 6.07) is 0.276. The molecule has 102 valence electrons. The lowest BCUT2D eigenvalue weighted by Gasteiger charge is -2.27. The molecule has 0 fully saturated rings. The Morgan fingerprint density at radius 1 is 1.24 bits per heavy atom. The fourth-order valence-electron chi connectivity index (χ4n) is 1.61. The molecule has 0 heterocycles. The molecule has 0 aromatic heterocycles. The van der Waals surface area contributed by atoms with Gasteiger partial charge < -0.3 is 15.0 Å². The number of nitrogens with zero attached hydrogens (tertiary/aromatic N) is 1. The fraction of sp³-hybridized carbons (Fsp3) is 0.923. The Morgan fingerprint density at radius 2 is 1.76 bits per heavy atom. The van der Waals surface area contributed by atoms with Crippen LogP contribution < -0.4 is 5.32 Å². The summed E-state index contributed by atoms with van der Waals surface area (Å²) in [7, 11) is 1.72. The molecule has 1 atom stereocenters. The van der Waals surface area contributed by atoms with Gasteiger partial charge in [-0.2, -0.15) is 0 Å². The van der Waals surface area contributed by atoms with Gasteiger partial charge in [0.15, 0.2) is 5.11 Å². The SMILES string of the molecule is CCCCN(CCCC)C(=S)NC(C)COC. The van der Waals surface area contributed by atoms with Crippen LogP contribution in [0, 0.1) is 0 Å². The van der Waals surface area contributed by atoms with Gasteiger partial charge in [0.25, 0.3) is 0 Å². The van der Waals surface area contributed by atoms with E-state index in [2.05, 4.69) is 31.0 Å². The second kappa shape index (κ2) is 10.8. The molecule has 1 N–H and O–H groups in total. The van der Waals surface area contributed by atoms with Gasteiger partial charge in [0, 0.05) is 26.2 Å². The van der Waals surface area contributed by atoms with E-state index in [-0.39, 0.29) is 6.04 Å². The Hall–Kier alpha value is -0.350. The molecule has 0 radical (unpaired) electrons. The molecule has 0 saturated heterocycles. The first-order valence-corrected chi connectivity index (χ1v) is 7.10. The predicted octanol–water partition coefficient (Wildman–Crippen LogP) is 2.80. The highest BCUT2D eigenvalue weighted by atomic mass is 32.1. The minimum Gasteiger partial charge on any atom is -0.383 e. The molecule has 0 aliphatic carbocycles. The van der Waals surface area contributed by atoms with Crippen LogP contribution in [0.25, 0.3) is 0 Å². The highest BCUT2D eigenvalue weighted by Crippen LogP contribution is 2.01. The molecule has 0 saturated carbocycles. The quantitative estimate of drug-likeness (QED) is 0.644. The lowest BCUT2D eigenvalue weighted by Crippen LogP contribution is -2.45. The second-order valence-electron chi connectivity index (χ2n) is 4.50. The van der Waals surface area contributed by atoms with Crippen LogP contribution in [-0.4, -0.2) is 42.9 Å². The Balaban J connectivity index is 4.10. The van der Waals surface area contributed by atoms with Crippen molar-refractivity contribution in [2.45, 2.75) is 52.5 Å². The average molecular weight is 260 g/mol. The number of rotatable bonds is 9. The summed E-state index contributed by atoms with van der Waals surface area (Å²) in [6.45, 7) is 9.32.